The van der Waals surface area contributed by atoms with E-state index in [-0.39, 0.29) is 0 Å². The minimum absolute atomic E-state index is 0.296. The average molecular weight is 356 g/mol. The van der Waals surface area contributed by atoms with E-state index in [9.17, 15) is 9.59 Å². The molecule has 0 heterocycles. The maximum absolute atomic E-state index is 12.3. The van der Waals surface area contributed by atoms with E-state index in [1.54, 1.807) is 42.5 Å². The number of ether oxygens (including phenoxy) is 3. The largest absolute Gasteiger partial charge is 0.494 e. The Bertz CT molecular complexity index is 721. The van der Waals surface area contributed by atoms with Gasteiger partial charge >= 0.3 is 11.9 Å². The van der Waals surface area contributed by atoms with Gasteiger partial charge in [-0.2, -0.15) is 0 Å². The SMILES string of the molecule is CCCCOc1ccc(C(=O)Oc2cccc(C(=O)OCCC)c2)cc1. The fourth-order valence-electron chi connectivity index (χ4n) is 2.15. The van der Waals surface area contributed by atoms with Crippen LogP contribution in [0.2, 0.25) is 0 Å². The Balaban J connectivity index is 1.97. The van der Waals surface area contributed by atoms with Gasteiger partial charge in [0, 0.05) is 0 Å². The number of carbonyl (C=O) groups is 2. The van der Waals surface area contributed by atoms with E-state index >= 15 is 0 Å². The van der Waals surface area contributed by atoms with Crippen LogP contribution in [0.4, 0.5) is 0 Å². The van der Waals surface area contributed by atoms with Gasteiger partial charge in [0.05, 0.1) is 24.3 Å². The van der Waals surface area contributed by atoms with Crippen molar-refractivity contribution in [2.24, 2.45) is 0 Å². The standard InChI is InChI=1S/C21H24O5/c1-3-5-14-24-18-11-9-16(10-12-18)21(23)26-19-8-6-7-17(15-19)20(22)25-13-4-2/h6-12,15H,3-5,13-14H2,1-2H3. The van der Waals surface area contributed by atoms with Crippen LogP contribution in [0.5, 0.6) is 11.5 Å². The van der Waals surface area contributed by atoms with Gasteiger partial charge < -0.3 is 14.2 Å². The Hall–Kier alpha value is -2.82. The zero-order chi connectivity index (χ0) is 18.8. The number of rotatable bonds is 9. The van der Waals surface area contributed by atoms with Crippen molar-refractivity contribution < 1.29 is 23.8 Å². The molecule has 0 aromatic heterocycles. The first-order valence-electron chi connectivity index (χ1n) is 8.86. The van der Waals surface area contributed by atoms with E-state index in [1.807, 2.05) is 6.92 Å². The summed E-state index contributed by atoms with van der Waals surface area (Å²) in [6, 6.07) is 13.2. The van der Waals surface area contributed by atoms with E-state index in [4.69, 9.17) is 14.2 Å². The molecule has 0 radical (unpaired) electrons. The van der Waals surface area contributed by atoms with Gasteiger partial charge in [-0.3, -0.25) is 0 Å². The number of unbranched alkanes of at least 4 members (excludes halogenated alkanes) is 1. The minimum Gasteiger partial charge on any atom is -0.494 e. The molecular formula is C21H24O5. The summed E-state index contributed by atoms with van der Waals surface area (Å²) in [6.45, 7) is 5.03. The highest BCUT2D eigenvalue weighted by molar-refractivity contribution is 5.92. The first-order chi connectivity index (χ1) is 12.6. The van der Waals surface area contributed by atoms with E-state index in [0.717, 1.165) is 25.0 Å². The van der Waals surface area contributed by atoms with Crippen molar-refractivity contribution in [1.82, 2.24) is 0 Å². The lowest BCUT2D eigenvalue weighted by Gasteiger charge is -2.08. The molecule has 0 saturated heterocycles. The molecule has 2 aromatic rings. The molecule has 0 amide bonds. The van der Waals surface area contributed by atoms with Crippen molar-refractivity contribution in [2.75, 3.05) is 13.2 Å². The van der Waals surface area contributed by atoms with Crippen LogP contribution in [-0.4, -0.2) is 25.2 Å². The van der Waals surface area contributed by atoms with Crippen molar-refractivity contribution in [2.45, 2.75) is 33.1 Å². The first kappa shape index (κ1) is 19.5. The van der Waals surface area contributed by atoms with Crippen LogP contribution in [0, 0.1) is 0 Å². The number of esters is 2. The van der Waals surface area contributed by atoms with Crippen LogP contribution in [0.15, 0.2) is 48.5 Å². The van der Waals surface area contributed by atoms with Crippen LogP contribution in [0.1, 0.15) is 53.8 Å². The number of benzene rings is 2. The molecule has 0 aliphatic heterocycles. The van der Waals surface area contributed by atoms with E-state index in [2.05, 4.69) is 6.92 Å². The van der Waals surface area contributed by atoms with Crippen LogP contribution in [0.25, 0.3) is 0 Å². The zero-order valence-corrected chi connectivity index (χ0v) is 15.2. The smallest absolute Gasteiger partial charge is 0.343 e. The highest BCUT2D eigenvalue weighted by atomic mass is 16.5. The molecule has 5 nitrogen and oxygen atoms in total. The van der Waals surface area contributed by atoms with Gasteiger partial charge in [0.25, 0.3) is 0 Å². The third-order valence-corrected chi connectivity index (χ3v) is 3.57. The summed E-state index contributed by atoms with van der Waals surface area (Å²) in [5, 5.41) is 0. The average Bonchev–Trinajstić information content (AvgIpc) is 2.67. The molecule has 0 aliphatic rings. The second-order valence-corrected chi connectivity index (χ2v) is 5.78. The van der Waals surface area contributed by atoms with Crippen molar-refractivity contribution in [3.05, 3.63) is 59.7 Å². The van der Waals surface area contributed by atoms with Crippen LogP contribution in [-0.2, 0) is 4.74 Å². The fourth-order valence-corrected chi connectivity index (χ4v) is 2.15. The molecule has 2 rings (SSSR count). The van der Waals surface area contributed by atoms with E-state index in [0.29, 0.717) is 30.1 Å². The molecule has 0 aliphatic carbocycles. The van der Waals surface area contributed by atoms with Crippen molar-refractivity contribution in [1.29, 1.82) is 0 Å². The van der Waals surface area contributed by atoms with Gasteiger partial charge in [-0.1, -0.05) is 26.3 Å². The predicted octanol–water partition coefficient (Wildman–Crippen LogP) is 4.65. The van der Waals surface area contributed by atoms with Crippen molar-refractivity contribution in [3.8, 4) is 11.5 Å². The summed E-state index contributed by atoms with van der Waals surface area (Å²) < 4.78 is 16.0. The third kappa shape index (κ3) is 5.92. The summed E-state index contributed by atoms with van der Waals surface area (Å²) >= 11 is 0. The molecule has 0 N–H and O–H groups in total. The molecule has 0 atom stereocenters. The Kier molecular flexibility index (Phi) is 7.68. The lowest BCUT2D eigenvalue weighted by atomic mass is 10.2. The predicted molar refractivity (Wildman–Crippen MR) is 98.8 cm³/mol. The summed E-state index contributed by atoms with van der Waals surface area (Å²) in [7, 11) is 0. The van der Waals surface area contributed by atoms with Gasteiger partial charge in [0.1, 0.15) is 11.5 Å². The van der Waals surface area contributed by atoms with Gasteiger partial charge in [-0.05, 0) is 55.3 Å². The number of carbonyl (C=O) groups excluding carboxylic acids is 2. The quantitative estimate of drug-likeness (QED) is 0.372. The van der Waals surface area contributed by atoms with Gasteiger partial charge in [-0.25, -0.2) is 9.59 Å². The van der Waals surface area contributed by atoms with Crippen LogP contribution < -0.4 is 9.47 Å². The second kappa shape index (κ2) is 10.2. The van der Waals surface area contributed by atoms with Crippen molar-refractivity contribution >= 4 is 11.9 Å². The summed E-state index contributed by atoms with van der Waals surface area (Å²) in [5.41, 5.74) is 0.759. The topological polar surface area (TPSA) is 61.8 Å². The first-order valence-corrected chi connectivity index (χ1v) is 8.86. The lowest BCUT2D eigenvalue weighted by Crippen LogP contribution is -2.10. The van der Waals surface area contributed by atoms with Crippen LogP contribution in [0.3, 0.4) is 0 Å². The third-order valence-electron chi connectivity index (χ3n) is 3.57. The Labute approximate surface area is 153 Å². The molecule has 2 aromatic carbocycles. The lowest BCUT2D eigenvalue weighted by molar-refractivity contribution is 0.0503. The van der Waals surface area contributed by atoms with E-state index in [1.165, 1.54) is 6.07 Å². The molecule has 0 bridgehead atoms. The highest BCUT2D eigenvalue weighted by Gasteiger charge is 2.12. The zero-order valence-electron chi connectivity index (χ0n) is 15.2. The fraction of sp³-hybridized carbons (Fsp3) is 0.333. The number of hydrogen-bond donors (Lipinski definition) is 0. The summed E-state index contributed by atoms with van der Waals surface area (Å²) in [5.74, 6) is 0.0856. The molecule has 5 heteroatoms. The minimum atomic E-state index is -0.496. The monoisotopic (exact) mass is 356 g/mol. The Morgan fingerprint density at radius 2 is 1.58 bits per heavy atom. The maximum atomic E-state index is 12.3. The molecule has 0 saturated carbocycles. The second-order valence-electron chi connectivity index (χ2n) is 5.78. The molecule has 0 unspecified atom stereocenters. The van der Waals surface area contributed by atoms with Crippen molar-refractivity contribution in [3.63, 3.8) is 0 Å². The van der Waals surface area contributed by atoms with Crippen LogP contribution >= 0.6 is 0 Å². The summed E-state index contributed by atoms with van der Waals surface area (Å²) in [6.07, 6.45) is 2.80. The number of hydrogen-bond acceptors (Lipinski definition) is 5. The Morgan fingerprint density at radius 1 is 0.808 bits per heavy atom. The maximum Gasteiger partial charge on any atom is 0.343 e. The molecule has 0 spiro atoms. The summed E-state index contributed by atoms with van der Waals surface area (Å²) in [4.78, 5) is 24.1. The molecule has 26 heavy (non-hydrogen) atoms. The highest BCUT2D eigenvalue weighted by Crippen LogP contribution is 2.18. The Morgan fingerprint density at radius 3 is 2.27 bits per heavy atom. The van der Waals surface area contributed by atoms with E-state index < -0.39 is 11.9 Å². The molecule has 138 valence electrons. The molecule has 0 fully saturated rings. The molecular weight excluding hydrogens is 332 g/mol. The van der Waals surface area contributed by atoms with Gasteiger partial charge in [0.15, 0.2) is 0 Å². The van der Waals surface area contributed by atoms with Gasteiger partial charge in [-0.15, -0.1) is 0 Å². The normalized spacial score (nSPS) is 10.2. The van der Waals surface area contributed by atoms with Gasteiger partial charge in [0.2, 0.25) is 0 Å².